The lowest BCUT2D eigenvalue weighted by atomic mass is 9.65. The molecule has 4 fully saturated rings. The molecule has 0 amide bonds. The van der Waals surface area contributed by atoms with E-state index in [4.69, 9.17) is 4.74 Å². The summed E-state index contributed by atoms with van der Waals surface area (Å²) in [5, 5.41) is 3.53. The molecule has 0 atom stereocenters. The van der Waals surface area contributed by atoms with Gasteiger partial charge in [-0.25, -0.2) is 0 Å². The van der Waals surface area contributed by atoms with Gasteiger partial charge in [0.2, 0.25) is 0 Å². The second-order valence-electron chi connectivity index (χ2n) is 4.46. The summed E-state index contributed by atoms with van der Waals surface area (Å²) >= 11 is 0. The van der Waals surface area contributed by atoms with Gasteiger partial charge in [-0.05, 0) is 25.7 Å². The van der Waals surface area contributed by atoms with Crippen LogP contribution < -0.4 is 5.32 Å². The van der Waals surface area contributed by atoms with E-state index in [1.807, 2.05) is 7.11 Å². The average Bonchev–Trinajstić information content (AvgIpc) is 2.48. The molecule has 12 heavy (non-hydrogen) atoms. The minimum atomic E-state index is 0. The minimum absolute atomic E-state index is 0. The van der Waals surface area contributed by atoms with Gasteiger partial charge in [-0.1, -0.05) is 0 Å². The number of rotatable bonds is 2. The fourth-order valence-electron chi connectivity index (χ4n) is 3.11. The number of methoxy groups -OCH3 is 1. The second-order valence-corrected chi connectivity index (χ2v) is 4.46. The highest BCUT2D eigenvalue weighted by molar-refractivity contribution is 5.85. The zero-order chi connectivity index (χ0) is 7.53. The predicted molar refractivity (Wildman–Crippen MR) is 49.7 cm³/mol. The Morgan fingerprint density at radius 2 is 2.00 bits per heavy atom. The molecule has 4 aliphatic rings. The number of fused-ring (bicyclic) bond motifs is 1. The van der Waals surface area contributed by atoms with Crippen LogP contribution in [0.4, 0.5) is 0 Å². The Labute approximate surface area is 79.5 Å². The molecule has 0 aromatic rings. The molecule has 0 spiro atoms. The van der Waals surface area contributed by atoms with E-state index in [1.165, 1.54) is 32.2 Å². The van der Waals surface area contributed by atoms with Crippen molar-refractivity contribution in [2.75, 3.05) is 13.7 Å². The van der Waals surface area contributed by atoms with Gasteiger partial charge in [-0.15, -0.1) is 12.4 Å². The number of hydrogen-bond donors (Lipinski definition) is 1. The monoisotopic (exact) mass is 189 g/mol. The van der Waals surface area contributed by atoms with Crippen molar-refractivity contribution >= 4 is 12.4 Å². The molecule has 3 heteroatoms. The summed E-state index contributed by atoms with van der Waals surface area (Å²) in [6.45, 7) is 1.21. The third-order valence-corrected chi connectivity index (χ3v) is 4.06. The lowest BCUT2D eigenvalue weighted by Gasteiger charge is -2.43. The first-order valence-electron chi connectivity index (χ1n) is 4.59. The lowest BCUT2D eigenvalue weighted by molar-refractivity contribution is -0.0559. The molecule has 70 valence electrons. The maximum atomic E-state index is 5.63. The predicted octanol–water partition coefficient (Wildman–Crippen LogP) is 1.34. The molecule has 2 aliphatic carbocycles. The van der Waals surface area contributed by atoms with E-state index in [1.54, 1.807) is 0 Å². The summed E-state index contributed by atoms with van der Waals surface area (Å²) in [5.74, 6) is 0. The minimum Gasteiger partial charge on any atom is -0.378 e. The van der Waals surface area contributed by atoms with Crippen LogP contribution in [0.25, 0.3) is 0 Å². The summed E-state index contributed by atoms with van der Waals surface area (Å²) in [7, 11) is 1.88. The van der Waals surface area contributed by atoms with Crippen molar-refractivity contribution < 1.29 is 4.74 Å². The molecular weight excluding hydrogens is 174 g/mol. The first-order chi connectivity index (χ1) is 5.30. The fraction of sp³-hybridized carbons (Fsp3) is 1.00. The third-order valence-electron chi connectivity index (χ3n) is 4.06. The van der Waals surface area contributed by atoms with E-state index in [9.17, 15) is 0 Å². The smallest absolute Gasteiger partial charge is 0.0750 e. The number of ether oxygens (including phenoxy) is 1. The van der Waals surface area contributed by atoms with Crippen LogP contribution in [0.3, 0.4) is 0 Å². The number of nitrogens with one attached hydrogen (secondary N) is 1. The first kappa shape index (κ1) is 8.79. The zero-order valence-corrected chi connectivity index (χ0v) is 8.25. The Bertz CT molecular complexity index is 191. The van der Waals surface area contributed by atoms with Gasteiger partial charge in [-0.3, -0.25) is 0 Å². The largest absolute Gasteiger partial charge is 0.378 e. The van der Waals surface area contributed by atoms with Crippen LogP contribution in [0.1, 0.15) is 25.7 Å². The van der Waals surface area contributed by atoms with Crippen LogP contribution >= 0.6 is 12.4 Å². The van der Waals surface area contributed by atoms with E-state index in [-0.39, 0.29) is 12.4 Å². The standard InChI is InChI=1S/C9H15NO.ClH/c1-11-9(2-3-9)8-4-7(5-8)10-6-8;/h7,10H,2-6H2,1H3;1H. The Kier molecular flexibility index (Phi) is 1.74. The van der Waals surface area contributed by atoms with Gasteiger partial charge >= 0.3 is 0 Å². The zero-order valence-electron chi connectivity index (χ0n) is 7.43. The van der Waals surface area contributed by atoms with Gasteiger partial charge in [-0.2, -0.15) is 0 Å². The van der Waals surface area contributed by atoms with Crippen LogP contribution in [0.15, 0.2) is 0 Å². The van der Waals surface area contributed by atoms with Crippen molar-refractivity contribution in [1.82, 2.24) is 5.32 Å². The normalized spacial score (nSPS) is 46.2. The number of halogens is 1. The van der Waals surface area contributed by atoms with Gasteiger partial charge in [0.05, 0.1) is 5.60 Å². The van der Waals surface area contributed by atoms with Crippen LogP contribution in [0.5, 0.6) is 0 Å². The molecule has 0 unspecified atom stereocenters. The SMILES string of the molecule is COC1(C23CNC(C2)C3)CC1.Cl. The molecule has 2 aliphatic heterocycles. The maximum absolute atomic E-state index is 5.63. The average molecular weight is 190 g/mol. The van der Waals surface area contributed by atoms with Crippen molar-refractivity contribution in [2.45, 2.75) is 37.3 Å². The highest BCUT2D eigenvalue weighted by Gasteiger charge is 2.67. The molecule has 2 saturated carbocycles. The number of hydrogen-bond acceptors (Lipinski definition) is 2. The van der Waals surface area contributed by atoms with Crippen molar-refractivity contribution in [1.29, 1.82) is 0 Å². The van der Waals surface area contributed by atoms with Crippen LogP contribution in [-0.2, 0) is 4.74 Å². The van der Waals surface area contributed by atoms with E-state index in [0.29, 0.717) is 11.0 Å². The Morgan fingerprint density at radius 3 is 2.33 bits per heavy atom. The Balaban J connectivity index is 0.000000563. The quantitative estimate of drug-likeness (QED) is 0.708. The van der Waals surface area contributed by atoms with E-state index >= 15 is 0 Å². The Hall–Kier alpha value is 0.210. The van der Waals surface area contributed by atoms with E-state index < -0.39 is 0 Å². The van der Waals surface area contributed by atoms with Gasteiger partial charge in [0.25, 0.3) is 0 Å². The van der Waals surface area contributed by atoms with Crippen molar-refractivity contribution in [3.05, 3.63) is 0 Å². The maximum Gasteiger partial charge on any atom is 0.0750 e. The fourth-order valence-corrected chi connectivity index (χ4v) is 3.11. The summed E-state index contributed by atoms with van der Waals surface area (Å²) in [6.07, 6.45) is 5.36. The third kappa shape index (κ3) is 0.785. The summed E-state index contributed by atoms with van der Waals surface area (Å²) in [4.78, 5) is 0. The molecule has 4 rings (SSSR count). The molecule has 2 bridgehead atoms. The molecule has 2 heterocycles. The Morgan fingerprint density at radius 1 is 1.33 bits per heavy atom. The summed E-state index contributed by atoms with van der Waals surface area (Å²) in [5.41, 5.74) is 0.874. The molecule has 0 aromatic heterocycles. The molecular formula is C9H16ClNO. The lowest BCUT2D eigenvalue weighted by Crippen LogP contribution is -2.46. The van der Waals surface area contributed by atoms with Gasteiger partial charge < -0.3 is 10.1 Å². The van der Waals surface area contributed by atoms with Crippen molar-refractivity contribution in [3.63, 3.8) is 0 Å². The molecule has 2 saturated heterocycles. The first-order valence-corrected chi connectivity index (χ1v) is 4.59. The summed E-state index contributed by atoms with van der Waals surface area (Å²) in [6, 6.07) is 0.836. The van der Waals surface area contributed by atoms with Crippen LogP contribution in [0.2, 0.25) is 0 Å². The molecule has 1 N–H and O–H groups in total. The second kappa shape index (κ2) is 2.37. The van der Waals surface area contributed by atoms with Gasteiger partial charge in [0, 0.05) is 25.1 Å². The van der Waals surface area contributed by atoms with Crippen molar-refractivity contribution in [2.24, 2.45) is 5.41 Å². The molecule has 0 radical (unpaired) electrons. The molecule has 0 aromatic carbocycles. The highest BCUT2D eigenvalue weighted by atomic mass is 35.5. The van der Waals surface area contributed by atoms with Gasteiger partial charge in [0.15, 0.2) is 0 Å². The van der Waals surface area contributed by atoms with Crippen LogP contribution in [0, 0.1) is 5.41 Å². The summed E-state index contributed by atoms with van der Waals surface area (Å²) < 4.78 is 5.63. The van der Waals surface area contributed by atoms with Crippen molar-refractivity contribution in [3.8, 4) is 0 Å². The van der Waals surface area contributed by atoms with E-state index in [0.717, 1.165) is 6.04 Å². The van der Waals surface area contributed by atoms with E-state index in [2.05, 4.69) is 5.32 Å². The molecule has 2 nitrogen and oxygen atoms in total. The van der Waals surface area contributed by atoms with Crippen LogP contribution in [-0.4, -0.2) is 25.3 Å². The highest BCUT2D eigenvalue weighted by Crippen LogP contribution is 2.64. The van der Waals surface area contributed by atoms with Gasteiger partial charge in [0.1, 0.15) is 0 Å². The topological polar surface area (TPSA) is 21.3 Å².